The van der Waals surface area contributed by atoms with Gasteiger partial charge in [0, 0.05) is 11.0 Å². The number of rotatable bonds is 1. The topological polar surface area (TPSA) is 29.5 Å². The van der Waals surface area contributed by atoms with E-state index < -0.39 is 0 Å². The van der Waals surface area contributed by atoms with E-state index in [9.17, 15) is 4.79 Å². The van der Waals surface area contributed by atoms with E-state index in [1.807, 2.05) is 35.7 Å². The molecule has 0 bridgehead atoms. The summed E-state index contributed by atoms with van der Waals surface area (Å²) >= 11 is 4.88. The van der Waals surface area contributed by atoms with Crippen molar-refractivity contribution in [1.82, 2.24) is 0 Å². The van der Waals surface area contributed by atoms with Crippen LogP contribution in [-0.4, -0.2) is 19.1 Å². The number of anilines is 1. The van der Waals surface area contributed by atoms with Crippen molar-refractivity contribution >= 4 is 38.9 Å². The monoisotopic (exact) mass is 337 g/mol. The molecule has 5 heteroatoms. The number of benzene rings is 1. The highest BCUT2D eigenvalue weighted by molar-refractivity contribution is 9.10. The molecular weight excluding hydrogens is 326 g/mol. The lowest BCUT2D eigenvalue weighted by Crippen LogP contribution is -2.31. The molecule has 0 radical (unpaired) electrons. The Bertz CT molecular complexity index is 611. The molecule has 2 heterocycles. The lowest BCUT2D eigenvalue weighted by Gasteiger charge is -2.21. The first-order valence-corrected chi connectivity index (χ1v) is 7.71. The van der Waals surface area contributed by atoms with Crippen LogP contribution in [0.3, 0.4) is 0 Å². The van der Waals surface area contributed by atoms with Gasteiger partial charge in [0.25, 0.3) is 5.91 Å². The second-order valence-corrected chi connectivity index (χ2v) is 5.99. The molecule has 3 rings (SSSR count). The summed E-state index contributed by atoms with van der Waals surface area (Å²) in [6.07, 6.45) is 0.837. The maximum Gasteiger partial charge on any atom is 0.269 e. The Labute approximate surface area is 123 Å². The van der Waals surface area contributed by atoms with Gasteiger partial charge >= 0.3 is 0 Å². The second kappa shape index (κ2) is 5.35. The number of hydrogen-bond donors (Lipinski definition) is 0. The van der Waals surface area contributed by atoms with Gasteiger partial charge in [-0.05, 0) is 45.9 Å². The zero-order chi connectivity index (χ0) is 13.2. The number of carbonyl (C=O) groups is 1. The molecule has 1 aromatic heterocycles. The molecule has 1 aliphatic heterocycles. The first kappa shape index (κ1) is 12.7. The molecule has 98 valence electrons. The minimum Gasteiger partial charge on any atom is -0.491 e. The number of nitrogens with zero attached hydrogens (tertiary/aromatic N) is 1. The highest BCUT2D eigenvalue weighted by Gasteiger charge is 2.25. The van der Waals surface area contributed by atoms with Gasteiger partial charge in [0.2, 0.25) is 0 Å². The Morgan fingerprint density at radius 3 is 2.95 bits per heavy atom. The summed E-state index contributed by atoms with van der Waals surface area (Å²) in [5.41, 5.74) is 0.852. The van der Waals surface area contributed by atoms with Crippen LogP contribution < -0.4 is 9.64 Å². The first-order valence-electron chi connectivity index (χ1n) is 6.04. The molecule has 0 saturated heterocycles. The Morgan fingerprint density at radius 1 is 1.32 bits per heavy atom. The summed E-state index contributed by atoms with van der Waals surface area (Å²) < 4.78 is 6.53. The number of halogens is 1. The minimum atomic E-state index is 0.0276. The van der Waals surface area contributed by atoms with Crippen LogP contribution >= 0.6 is 27.3 Å². The van der Waals surface area contributed by atoms with Crippen LogP contribution in [0.1, 0.15) is 16.1 Å². The van der Waals surface area contributed by atoms with Crippen LogP contribution in [0.25, 0.3) is 0 Å². The van der Waals surface area contributed by atoms with Crippen LogP contribution in [-0.2, 0) is 0 Å². The van der Waals surface area contributed by atoms with Gasteiger partial charge in [-0.1, -0.05) is 12.1 Å². The van der Waals surface area contributed by atoms with E-state index in [-0.39, 0.29) is 5.91 Å². The SMILES string of the molecule is O=C(c1sccc1Br)N1CCCOc2ccccc21. The Hall–Kier alpha value is -1.33. The van der Waals surface area contributed by atoms with Gasteiger partial charge in [-0.2, -0.15) is 0 Å². The van der Waals surface area contributed by atoms with Crippen molar-refractivity contribution in [2.24, 2.45) is 0 Å². The van der Waals surface area contributed by atoms with Gasteiger partial charge in [0.1, 0.15) is 10.6 Å². The van der Waals surface area contributed by atoms with Crippen LogP contribution in [0.2, 0.25) is 0 Å². The minimum absolute atomic E-state index is 0.0276. The highest BCUT2D eigenvalue weighted by atomic mass is 79.9. The summed E-state index contributed by atoms with van der Waals surface area (Å²) in [7, 11) is 0. The van der Waals surface area contributed by atoms with Gasteiger partial charge in [-0.15, -0.1) is 11.3 Å². The van der Waals surface area contributed by atoms with Crippen molar-refractivity contribution in [3.05, 3.63) is 45.1 Å². The number of fused-ring (bicyclic) bond motifs is 1. The van der Waals surface area contributed by atoms with Crippen LogP contribution in [0.4, 0.5) is 5.69 Å². The number of amides is 1. The summed E-state index contributed by atoms with van der Waals surface area (Å²) in [5.74, 6) is 0.806. The third-order valence-corrected chi connectivity index (χ3v) is 4.82. The predicted molar refractivity (Wildman–Crippen MR) is 80.2 cm³/mol. The van der Waals surface area contributed by atoms with E-state index in [0.29, 0.717) is 13.2 Å². The van der Waals surface area contributed by atoms with E-state index in [4.69, 9.17) is 4.74 Å². The predicted octanol–water partition coefficient (Wildman–Crippen LogP) is 3.94. The lowest BCUT2D eigenvalue weighted by atomic mass is 10.2. The summed E-state index contributed by atoms with van der Waals surface area (Å²) in [5, 5.41) is 1.91. The number of hydrogen-bond acceptors (Lipinski definition) is 3. The molecule has 0 unspecified atom stereocenters. The quantitative estimate of drug-likeness (QED) is 0.788. The molecule has 0 spiro atoms. The largest absolute Gasteiger partial charge is 0.491 e. The van der Waals surface area contributed by atoms with Crippen molar-refractivity contribution in [3.8, 4) is 5.75 Å². The van der Waals surface area contributed by atoms with Gasteiger partial charge < -0.3 is 9.64 Å². The third-order valence-electron chi connectivity index (χ3n) is 3.00. The van der Waals surface area contributed by atoms with Gasteiger partial charge in [0.05, 0.1) is 12.3 Å². The number of ether oxygens (including phenoxy) is 1. The molecule has 0 N–H and O–H groups in total. The zero-order valence-electron chi connectivity index (χ0n) is 10.1. The molecule has 19 heavy (non-hydrogen) atoms. The molecule has 3 nitrogen and oxygen atoms in total. The smallest absolute Gasteiger partial charge is 0.269 e. The van der Waals surface area contributed by atoms with E-state index in [2.05, 4.69) is 15.9 Å². The van der Waals surface area contributed by atoms with Crippen LogP contribution in [0, 0.1) is 0 Å². The van der Waals surface area contributed by atoms with Crippen LogP contribution in [0.15, 0.2) is 40.2 Å². The van der Waals surface area contributed by atoms with Crippen molar-refractivity contribution in [1.29, 1.82) is 0 Å². The molecule has 2 aromatic rings. The van der Waals surface area contributed by atoms with Crippen molar-refractivity contribution in [2.45, 2.75) is 6.42 Å². The van der Waals surface area contributed by atoms with Crippen LogP contribution in [0.5, 0.6) is 5.75 Å². The lowest BCUT2D eigenvalue weighted by molar-refractivity contribution is 0.0990. The maximum atomic E-state index is 12.6. The fourth-order valence-corrected chi connectivity index (χ4v) is 3.60. The Balaban J connectivity index is 2.01. The number of para-hydroxylation sites is 2. The zero-order valence-corrected chi connectivity index (χ0v) is 12.5. The summed E-state index contributed by atoms with van der Waals surface area (Å²) in [6.45, 7) is 1.33. The van der Waals surface area contributed by atoms with Crippen molar-refractivity contribution in [2.75, 3.05) is 18.1 Å². The van der Waals surface area contributed by atoms with Gasteiger partial charge in [-0.3, -0.25) is 4.79 Å². The maximum absolute atomic E-state index is 12.6. The average Bonchev–Trinajstić information content (AvgIpc) is 2.74. The average molecular weight is 338 g/mol. The second-order valence-electron chi connectivity index (χ2n) is 4.22. The molecule has 0 saturated carbocycles. The Kier molecular flexibility index (Phi) is 3.57. The third kappa shape index (κ3) is 2.40. The van der Waals surface area contributed by atoms with Crippen molar-refractivity contribution < 1.29 is 9.53 Å². The van der Waals surface area contributed by atoms with Crippen molar-refractivity contribution in [3.63, 3.8) is 0 Å². The summed E-state index contributed by atoms with van der Waals surface area (Å²) in [6, 6.07) is 9.59. The van der Waals surface area contributed by atoms with Gasteiger partial charge in [-0.25, -0.2) is 0 Å². The molecular formula is C14H12BrNO2S. The molecule has 0 aliphatic carbocycles. The molecule has 1 aliphatic rings. The van der Waals surface area contributed by atoms with E-state index in [0.717, 1.165) is 27.2 Å². The number of carbonyl (C=O) groups excluding carboxylic acids is 1. The molecule has 1 aromatic carbocycles. The standard InChI is InChI=1S/C14H12BrNO2S/c15-10-6-9-19-13(10)14(17)16-7-3-8-18-12-5-2-1-4-11(12)16/h1-2,4-6,9H,3,7-8H2. The van der Waals surface area contributed by atoms with Gasteiger partial charge in [0.15, 0.2) is 0 Å². The molecule has 1 amide bonds. The fourth-order valence-electron chi connectivity index (χ4n) is 2.11. The fraction of sp³-hybridized carbons (Fsp3) is 0.214. The normalized spacial score (nSPS) is 14.5. The summed E-state index contributed by atoms with van der Waals surface area (Å²) in [4.78, 5) is 15.2. The number of thiophene rings is 1. The van der Waals surface area contributed by atoms with E-state index in [1.54, 1.807) is 4.90 Å². The van der Waals surface area contributed by atoms with E-state index >= 15 is 0 Å². The Morgan fingerprint density at radius 2 is 2.16 bits per heavy atom. The highest BCUT2D eigenvalue weighted by Crippen LogP contribution is 2.33. The first-order chi connectivity index (χ1) is 9.27. The molecule has 0 fully saturated rings. The molecule has 0 atom stereocenters. The van der Waals surface area contributed by atoms with E-state index in [1.165, 1.54) is 11.3 Å².